The summed E-state index contributed by atoms with van der Waals surface area (Å²) in [5.41, 5.74) is 5.40. The quantitative estimate of drug-likeness (QED) is 0.669. The Bertz CT molecular complexity index is 1090. The number of anilines is 1. The molecule has 0 saturated carbocycles. The summed E-state index contributed by atoms with van der Waals surface area (Å²) >= 11 is 0. The van der Waals surface area contributed by atoms with Gasteiger partial charge in [-0.1, -0.05) is 0 Å². The van der Waals surface area contributed by atoms with Crippen molar-refractivity contribution < 1.29 is 9.18 Å². The molecule has 28 heavy (non-hydrogen) atoms. The van der Waals surface area contributed by atoms with Crippen LogP contribution in [0.15, 0.2) is 18.6 Å². The zero-order chi connectivity index (χ0) is 19.4. The molecular formula is C19H20FN7O. The van der Waals surface area contributed by atoms with Crippen LogP contribution < -0.4 is 4.90 Å². The van der Waals surface area contributed by atoms with Crippen LogP contribution >= 0.6 is 0 Å². The van der Waals surface area contributed by atoms with E-state index >= 15 is 0 Å². The standard InChI is InChI=1S/C19H20FN7O/c1-11-12(2)18(24-27-10-22-23-17(11)27)25-4-3-16-14(7-25)5-13(6-21-16)19(28)26-8-15(20)9-26/h5-6,10,15H,3-4,7-9H2,1-2H3. The Kier molecular flexibility index (Phi) is 3.78. The molecule has 0 bridgehead atoms. The zero-order valence-corrected chi connectivity index (χ0v) is 15.8. The van der Waals surface area contributed by atoms with Gasteiger partial charge in [-0.2, -0.15) is 4.52 Å². The topological polar surface area (TPSA) is 79.5 Å². The van der Waals surface area contributed by atoms with Gasteiger partial charge >= 0.3 is 0 Å². The van der Waals surface area contributed by atoms with Gasteiger partial charge in [0, 0.05) is 42.5 Å². The second kappa shape index (κ2) is 6.22. The van der Waals surface area contributed by atoms with Gasteiger partial charge in [0.25, 0.3) is 5.91 Å². The molecule has 3 aromatic heterocycles. The van der Waals surface area contributed by atoms with Crippen molar-refractivity contribution in [2.45, 2.75) is 33.0 Å². The third-order valence-electron chi connectivity index (χ3n) is 5.68. The summed E-state index contributed by atoms with van der Waals surface area (Å²) in [7, 11) is 0. The van der Waals surface area contributed by atoms with E-state index in [2.05, 4.69) is 25.2 Å². The number of aromatic nitrogens is 5. The Morgan fingerprint density at radius 2 is 2.07 bits per heavy atom. The molecule has 3 aromatic rings. The predicted molar refractivity (Wildman–Crippen MR) is 100 cm³/mol. The number of carbonyl (C=O) groups is 1. The number of hydrogen-bond donors (Lipinski definition) is 0. The number of aryl methyl sites for hydroxylation is 1. The van der Waals surface area contributed by atoms with E-state index in [0.29, 0.717) is 12.1 Å². The van der Waals surface area contributed by atoms with Crippen LogP contribution in [0, 0.1) is 13.8 Å². The largest absolute Gasteiger partial charge is 0.350 e. The summed E-state index contributed by atoms with van der Waals surface area (Å²) in [4.78, 5) is 20.7. The van der Waals surface area contributed by atoms with Crippen molar-refractivity contribution in [1.82, 2.24) is 29.7 Å². The smallest absolute Gasteiger partial charge is 0.255 e. The van der Waals surface area contributed by atoms with Crippen LogP contribution in [-0.2, 0) is 13.0 Å². The first-order chi connectivity index (χ1) is 13.5. The zero-order valence-electron chi connectivity index (χ0n) is 15.8. The molecule has 8 nitrogen and oxygen atoms in total. The summed E-state index contributed by atoms with van der Waals surface area (Å²) in [6.07, 6.45) is 3.08. The highest BCUT2D eigenvalue weighted by molar-refractivity contribution is 5.94. The average Bonchev–Trinajstić information content (AvgIpc) is 3.15. The number of rotatable bonds is 2. The summed E-state index contributed by atoms with van der Waals surface area (Å²) in [5.74, 6) is 0.729. The first-order valence-electron chi connectivity index (χ1n) is 9.34. The minimum atomic E-state index is -0.907. The van der Waals surface area contributed by atoms with Gasteiger partial charge in [0.1, 0.15) is 12.5 Å². The Labute approximate surface area is 161 Å². The number of carbonyl (C=O) groups excluding carboxylic acids is 1. The van der Waals surface area contributed by atoms with Crippen molar-refractivity contribution in [2.24, 2.45) is 0 Å². The molecule has 0 radical (unpaired) electrons. The van der Waals surface area contributed by atoms with Crippen LogP contribution in [0.2, 0.25) is 0 Å². The lowest BCUT2D eigenvalue weighted by Crippen LogP contribution is -2.51. The normalized spacial score (nSPS) is 17.0. The molecule has 5 rings (SSSR count). The summed E-state index contributed by atoms with van der Waals surface area (Å²) in [6.45, 7) is 5.82. The average molecular weight is 381 g/mol. The first-order valence-corrected chi connectivity index (χ1v) is 9.34. The van der Waals surface area contributed by atoms with Crippen LogP contribution in [0.1, 0.15) is 32.7 Å². The molecule has 1 fully saturated rings. The van der Waals surface area contributed by atoms with Crippen molar-refractivity contribution in [3.05, 3.63) is 46.5 Å². The van der Waals surface area contributed by atoms with Crippen LogP contribution in [0.25, 0.3) is 5.65 Å². The third-order valence-corrected chi connectivity index (χ3v) is 5.68. The number of amides is 1. The Balaban J connectivity index is 1.45. The van der Waals surface area contributed by atoms with Crippen molar-refractivity contribution in [2.75, 3.05) is 24.5 Å². The van der Waals surface area contributed by atoms with E-state index in [-0.39, 0.29) is 19.0 Å². The van der Waals surface area contributed by atoms with Gasteiger partial charge in [0.05, 0.1) is 18.7 Å². The molecule has 9 heteroatoms. The van der Waals surface area contributed by atoms with Crippen LogP contribution in [0.3, 0.4) is 0 Å². The monoisotopic (exact) mass is 381 g/mol. The molecule has 0 N–H and O–H groups in total. The van der Waals surface area contributed by atoms with Gasteiger partial charge in [0.2, 0.25) is 0 Å². The molecule has 0 aromatic carbocycles. The number of alkyl halides is 1. The van der Waals surface area contributed by atoms with Gasteiger partial charge < -0.3 is 9.80 Å². The lowest BCUT2D eigenvalue weighted by Gasteiger charge is -2.35. The molecule has 0 aliphatic carbocycles. The molecule has 144 valence electrons. The van der Waals surface area contributed by atoms with Crippen LogP contribution in [0.4, 0.5) is 10.2 Å². The molecule has 0 spiro atoms. The maximum absolute atomic E-state index is 13.1. The Morgan fingerprint density at radius 3 is 2.86 bits per heavy atom. The molecule has 2 aliphatic rings. The third kappa shape index (κ3) is 2.61. The van der Waals surface area contributed by atoms with E-state index in [0.717, 1.165) is 46.8 Å². The van der Waals surface area contributed by atoms with Crippen molar-refractivity contribution in [1.29, 1.82) is 0 Å². The predicted octanol–water partition coefficient (Wildman–Crippen LogP) is 1.49. The van der Waals surface area contributed by atoms with E-state index in [1.54, 1.807) is 17.0 Å². The maximum atomic E-state index is 13.1. The van der Waals surface area contributed by atoms with E-state index < -0.39 is 6.17 Å². The van der Waals surface area contributed by atoms with Crippen molar-refractivity contribution >= 4 is 17.4 Å². The second-order valence-electron chi connectivity index (χ2n) is 7.48. The van der Waals surface area contributed by atoms with Crippen molar-refractivity contribution in [3.63, 3.8) is 0 Å². The molecule has 1 saturated heterocycles. The fourth-order valence-corrected chi connectivity index (χ4v) is 3.86. The van der Waals surface area contributed by atoms with Gasteiger partial charge in [-0.3, -0.25) is 9.78 Å². The van der Waals surface area contributed by atoms with Gasteiger partial charge in [-0.05, 0) is 25.5 Å². The highest BCUT2D eigenvalue weighted by Crippen LogP contribution is 2.28. The molecule has 0 unspecified atom stereocenters. The molecule has 0 atom stereocenters. The van der Waals surface area contributed by atoms with Crippen LogP contribution in [0.5, 0.6) is 0 Å². The summed E-state index contributed by atoms with van der Waals surface area (Å²) < 4.78 is 14.8. The molecule has 1 amide bonds. The lowest BCUT2D eigenvalue weighted by atomic mass is 10.0. The molecule has 2 aliphatic heterocycles. The van der Waals surface area contributed by atoms with Gasteiger partial charge in [0.15, 0.2) is 11.5 Å². The summed E-state index contributed by atoms with van der Waals surface area (Å²) in [6, 6.07) is 1.89. The Morgan fingerprint density at radius 1 is 1.25 bits per heavy atom. The van der Waals surface area contributed by atoms with Gasteiger partial charge in [-0.25, -0.2) is 4.39 Å². The maximum Gasteiger partial charge on any atom is 0.255 e. The lowest BCUT2D eigenvalue weighted by molar-refractivity contribution is 0.0399. The molecule has 5 heterocycles. The SMILES string of the molecule is Cc1c(N2CCc3ncc(C(=O)N4CC(F)C4)cc3C2)nn2cnnc2c1C. The number of fused-ring (bicyclic) bond motifs is 2. The Hall–Kier alpha value is -3.10. The van der Waals surface area contributed by atoms with E-state index in [4.69, 9.17) is 0 Å². The van der Waals surface area contributed by atoms with Gasteiger partial charge in [-0.15, -0.1) is 15.3 Å². The first kappa shape index (κ1) is 17.0. The minimum absolute atomic E-state index is 0.155. The summed E-state index contributed by atoms with van der Waals surface area (Å²) in [5, 5.41) is 12.8. The highest BCUT2D eigenvalue weighted by Gasteiger charge is 2.32. The fourth-order valence-electron chi connectivity index (χ4n) is 3.86. The van der Waals surface area contributed by atoms with E-state index in [9.17, 15) is 9.18 Å². The minimum Gasteiger partial charge on any atom is -0.350 e. The second-order valence-corrected chi connectivity index (χ2v) is 7.48. The number of halogens is 1. The fraction of sp³-hybridized carbons (Fsp3) is 0.421. The van der Waals surface area contributed by atoms with Crippen LogP contribution in [-0.4, -0.2) is 61.4 Å². The number of hydrogen-bond acceptors (Lipinski definition) is 6. The number of likely N-dealkylation sites (tertiary alicyclic amines) is 1. The van der Waals surface area contributed by atoms with E-state index in [1.807, 2.05) is 19.9 Å². The van der Waals surface area contributed by atoms with E-state index in [1.165, 1.54) is 4.90 Å². The highest BCUT2D eigenvalue weighted by atomic mass is 19.1. The molecular weight excluding hydrogens is 361 g/mol. The number of pyridine rings is 1. The number of nitrogens with zero attached hydrogens (tertiary/aromatic N) is 7. The van der Waals surface area contributed by atoms with Crippen molar-refractivity contribution in [3.8, 4) is 0 Å².